The first kappa shape index (κ1) is 12.0. The van der Waals surface area contributed by atoms with Crippen LogP contribution in [0.3, 0.4) is 0 Å². The van der Waals surface area contributed by atoms with Crippen molar-refractivity contribution in [1.82, 2.24) is 14.5 Å². The highest BCUT2D eigenvalue weighted by atomic mass is 35.5. The lowest BCUT2D eigenvalue weighted by atomic mass is 10.3. The number of fused-ring (bicyclic) bond motifs is 1. The van der Waals surface area contributed by atoms with E-state index >= 15 is 0 Å². The van der Waals surface area contributed by atoms with E-state index in [1.54, 1.807) is 0 Å². The third-order valence-corrected chi connectivity index (χ3v) is 4.10. The SMILES string of the molecule is CCC1CC1n1c(CCCl)nc2c(C)ccnc21. The molecule has 1 saturated carbocycles. The summed E-state index contributed by atoms with van der Waals surface area (Å²) in [5.74, 6) is 2.51. The fourth-order valence-electron chi connectivity index (χ4n) is 2.75. The second kappa shape index (κ2) is 4.54. The summed E-state index contributed by atoms with van der Waals surface area (Å²) >= 11 is 5.90. The third-order valence-electron chi connectivity index (χ3n) is 3.91. The van der Waals surface area contributed by atoms with E-state index in [0.29, 0.717) is 11.9 Å². The molecule has 1 aliphatic rings. The molecule has 1 fully saturated rings. The second-order valence-corrected chi connectivity index (χ2v) is 5.49. The molecular weight excluding hydrogens is 246 g/mol. The van der Waals surface area contributed by atoms with Gasteiger partial charge in [-0.2, -0.15) is 0 Å². The first-order valence-electron chi connectivity index (χ1n) is 6.64. The standard InChI is InChI=1S/C14H18ClN3/c1-3-10-8-11(10)18-12(4-6-15)17-13-9(2)5-7-16-14(13)18/h5,7,10-11H,3-4,6,8H2,1-2H3. The van der Waals surface area contributed by atoms with Crippen LogP contribution in [0.15, 0.2) is 12.3 Å². The summed E-state index contributed by atoms with van der Waals surface area (Å²) in [5.41, 5.74) is 3.28. The molecule has 0 aromatic carbocycles. The van der Waals surface area contributed by atoms with Crippen LogP contribution in [0.1, 0.15) is 37.2 Å². The molecule has 0 aliphatic heterocycles. The highest BCUT2D eigenvalue weighted by molar-refractivity contribution is 6.17. The average Bonchev–Trinajstić information content (AvgIpc) is 3.05. The fourth-order valence-corrected chi connectivity index (χ4v) is 2.92. The lowest BCUT2D eigenvalue weighted by molar-refractivity contribution is 0.625. The number of imidazole rings is 1. The number of aromatic nitrogens is 3. The first-order chi connectivity index (χ1) is 8.76. The Kier molecular flexibility index (Phi) is 3.02. The molecule has 2 atom stereocenters. The van der Waals surface area contributed by atoms with Gasteiger partial charge in [-0.1, -0.05) is 13.3 Å². The van der Waals surface area contributed by atoms with Gasteiger partial charge in [-0.15, -0.1) is 11.6 Å². The van der Waals surface area contributed by atoms with Gasteiger partial charge in [0.1, 0.15) is 11.3 Å². The minimum absolute atomic E-state index is 0.590. The topological polar surface area (TPSA) is 30.7 Å². The Hall–Kier alpha value is -1.09. The van der Waals surface area contributed by atoms with Crippen LogP contribution < -0.4 is 0 Å². The molecule has 18 heavy (non-hydrogen) atoms. The van der Waals surface area contributed by atoms with E-state index in [4.69, 9.17) is 16.6 Å². The summed E-state index contributed by atoms with van der Waals surface area (Å²) in [6.45, 7) is 4.35. The number of hydrogen-bond acceptors (Lipinski definition) is 2. The molecule has 4 heteroatoms. The number of alkyl halides is 1. The summed E-state index contributed by atoms with van der Waals surface area (Å²) in [6.07, 6.45) is 5.19. The van der Waals surface area contributed by atoms with Gasteiger partial charge in [0.05, 0.1) is 0 Å². The zero-order valence-electron chi connectivity index (χ0n) is 10.9. The number of pyridine rings is 1. The van der Waals surface area contributed by atoms with Gasteiger partial charge in [0.15, 0.2) is 5.65 Å². The van der Waals surface area contributed by atoms with E-state index in [2.05, 4.69) is 23.4 Å². The minimum Gasteiger partial charge on any atom is -0.309 e. The highest BCUT2D eigenvalue weighted by Crippen LogP contribution is 2.47. The van der Waals surface area contributed by atoms with Crippen LogP contribution in [0, 0.1) is 12.8 Å². The molecule has 2 aromatic heterocycles. The number of aryl methyl sites for hydroxylation is 2. The number of halogens is 1. The Morgan fingerprint density at radius 2 is 2.33 bits per heavy atom. The molecule has 0 N–H and O–H groups in total. The van der Waals surface area contributed by atoms with Gasteiger partial charge in [0.2, 0.25) is 0 Å². The highest BCUT2D eigenvalue weighted by Gasteiger charge is 2.39. The third kappa shape index (κ3) is 1.81. The van der Waals surface area contributed by atoms with Gasteiger partial charge in [-0.25, -0.2) is 9.97 Å². The summed E-state index contributed by atoms with van der Waals surface area (Å²) < 4.78 is 2.33. The molecule has 0 radical (unpaired) electrons. The predicted molar refractivity (Wildman–Crippen MR) is 74.1 cm³/mol. The minimum atomic E-state index is 0.590. The molecule has 0 amide bonds. The van der Waals surface area contributed by atoms with Crippen molar-refractivity contribution >= 4 is 22.8 Å². The summed E-state index contributed by atoms with van der Waals surface area (Å²) in [7, 11) is 0. The van der Waals surface area contributed by atoms with Gasteiger partial charge in [0, 0.05) is 24.5 Å². The molecule has 0 saturated heterocycles. The van der Waals surface area contributed by atoms with Crippen LogP contribution in [0.5, 0.6) is 0 Å². The Morgan fingerprint density at radius 1 is 1.50 bits per heavy atom. The van der Waals surface area contributed by atoms with Gasteiger partial charge in [-0.3, -0.25) is 0 Å². The van der Waals surface area contributed by atoms with E-state index in [1.807, 2.05) is 12.3 Å². The Balaban J connectivity index is 2.14. The molecule has 3 nitrogen and oxygen atoms in total. The molecular formula is C14H18ClN3. The van der Waals surface area contributed by atoms with Crippen molar-refractivity contribution in [2.45, 2.75) is 39.2 Å². The zero-order valence-corrected chi connectivity index (χ0v) is 11.6. The maximum Gasteiger partial charge on any atom is 0.160 e. The quantitative estimate of drug-likeness (QED) is 0.791. The second-order valence-electron chi connectivity index (χ2n) is 5.11. The van der Waals surface area contributed by atoms with Crippen LogP contribution in [0.25, 0.3) is 11.2 Å². The van der Waals surface area contributed by atoms with Gasteiger partial charge >= 0.3 is 0 Å². The maximum atomic E-state index is 5.90. The maximum absolute atomic E-state index is 5.90. The Bertz CT molecular complexity index is 576. The summed E-state index contributed by atoms with van der Waals surface area (Å²) in [5, 5.41) is 0. The van der Waals surface area contributed by atoms with E-state index < -0.39 is 0 Å². The van der Waals surface area contributed by atoms with Crippen molar-refractivity contribution in [1.29, 1.82) is 0 Å². The van der Waals surface area contributed by atoms with Crippen LogP contribution >= 0.6 is 11.6 Å². The predicted octanol–water partition coefficient (Wildman–Crippen LogP) is 3.49. The normalized spacial score (nSPS) is 22.6. The number of hydrogen-bond donors (Lipinski definition) is 0. The smallest absolute Gasteiger partial charge is 0.160 e. The largest absolute Gasteiger partial charge is 0.309 e. The van der Waals surface area contributed by atoms with Crippen molar-refractivity contribution < 1.29 is 0 Å². The van der Waals surface area contributed by atoms with Crippen LogP contribution in [-0.4, -0.2) is 20.4 Å². The fraction of sp³-hybridized carbons (Fsp3) is 0.571. The lowest BCUT2D eigenvalue weighted by Crippen LogP contribution is -2.04. The van der Waals surface area contributed by atoms with E-state index in [1.165, 1.54) is 18.4 Å². The molecule has 3 rings (SSSR count). The molecule has 2 aromatic rings. The Labute approximate surface area is 112 Å². The Morgan fingerprint density at radius 3 is 3.00 bits per heavy atom. The van der Waals surface area contributed by atoms with Crippen molar-refractivity contribution in [2.75, 3.05) is 5.88 Å². The van der Waals surface area contributed by atoms with Crippen LogP contribution in [-0.2, 0) is 6.42 Å². The number of nitrogens with zero attached hydrogens (tertiary/aromatic N) is 3. The lowest BCUT2D eigenvalue weighted by Gasteiger charge is -2.06. The molecule has 0 bridgehead atoms. The molecule has 2 unspecified atom stereocenters. The van der Waals surface area contributed by atoms with E-state index in [0.717, 1.165) is 29.3 Å². The molecule has 0 spiro atoms. The van der Waals surface area contributed by atoms with Crippen molar-refractivity contribution in [3.63, 3.8) is 0 Å². The van der Waals surface area contributed by atoms with Crippen molar-refractivity contribution in [3.8, 4) is 0 Å². The molecule has 96 valence electrons. The first-order valence-corrected chi connectivity index (χ1v) is 7.18. The monoisotopic (exact) mass is 263 g/mol. The summed E-state index contributed by atoms with van der Waals surface area (Å²) in [6, 6.07) is 2.61. The van der Waals surface area contributed by atoms with Gasteiger partial charge in [0.25, 0.3) is 0 Å². The van der Waals surface area contributed by atoms with E-state index in [-0.39, 0.29) is 0 Å². The number of rotatable bonds is 4. The van der Waals surface area contributed by atoms with Crippen molar-refractivity contribution in [3.05, 3.63) is 23.7 Å². The van der Waals surface area contributed by atoms with E-state index in [9.17, 15) is 0 Å². The zero-order chi connectivity index (χ0) is 12.7. The van der Waals surface area contributed by atoms with Crippen molar-refractivity contribution in [2.24, 2.45) is 5.92 Å². The summed E-state index contributed by atoms with van der Waals surface area (Å²) in [4.78, 5) is 9.28. The van der Waals surface area contributed by atoms with Gasteiger partial charge < -0.3 is 4.57 Å². The molecule has 2 heterocycles. The van der Waals surface area contributed by atoms with Crippen LogP contribution in [0.2, 0.25) is 0 Å². The van der Waals surface area contributed by atoms with Crippen LogP contribution in [0.4, 0.5) is 0 Å². The molecule has 1 aliphatic carbocycles. The average molecular weight is 264 g/mol. The van der Waals surface area contributed by atoms with Gasteiger partial charge in [-0.05, 0) is 30.9 Å².